The molecule has 2 aliphatic heterocycles. The molecule has 26 heavy (non-hydrogen) atoms. The van der Waals surface area contributed by atoms with Crippen LogP contribution in [0.5, 0.6) is 0 Å². The summed E-state index contributed by atoms with van der Waals surface area (Å²) in [4.78, 5) is 18.3. The lowest BCUT2D eigenvalue weighted by atomic mass is 10.3. The molecule has 0 aliphatic carbocycles. The molecule has 4 rings (SSSR count). The van der Waals surface area contributed by atoms with Gasteiger partial charge in [-0.1, -0.05) is 23.2 Å². The molecule has 8 nitrogen and oxygen atoms in total. The molecule has 0 unspecified atom stereocenters. The van der Waals surface area contributed by atoms with E-state index >= 15 is 0 Å². The van der Waals surface area contributed by atoms with Crippen molar-refractivity contribution >= 4 is 40.1 Å². The monoisotopic (exact) mass is 395 g/mol. The van der Waals surface area contributed by atoms with Gasteiger partial charge < -0.3 is 15.3 Å². The van der Waals surface area contributed by atoms with E-state index in [2.05, 4.69) is 9.89 Å². The van der Waals surface area contributed by atoms with Gasteiger partial charge in [-0.05, 0) is 18.9 Å². The summed E-state index contributed by atoms with van der Waals surface area (Å²) in [5.74, 6) is 1.38. The van der Waals surface area contributed by atoms with Crippen molar-refractivity contribution in [2.45, 2.75) is 19.3 Å². The van der Waals surface area contributed by atoms with E-state index in [1.165, 1.54) is 50.3 Å². The van der Waals surface area contributed by atoms with Gasteiger partial charge in [-0.25, -0.2) is 0 Å². The number of fused-ring (bicyclic) bond motifs is 2. The highest BCUT2D eigenvalue weighted by Crippen LogP contribution is 2.25. The smallest absolute Gasteiger partial charge is 0.368 e. The van der Waals surface area contributed by atoms with Gasteiger partial charge >= 0.3 is 11.3 Å². The third kappa shape index (κ3) is 3.28. The molecule has 0 atom stereocenters. The van der Waals surface area contributed by atoms with E-state index in [9.17, 15) is 15.2 Å². The van der Waals surface area contributed by atoms with E-state index in [0.717, 1.165) is 12.6 Å². The number of aromatic nitrogens is 2. The Morgan fingerprint density at radius 2 is 1.96 bits per heavy atom. The second-order valence-electron chi connectivity index (χ2n) is 5.87. The zero-order chi connectivity index (χ0) is 18.8. The Morgan fingerprint density at radius 1 is 1.27 bits per heavy atom. The number of nitrogens with zero attached hydrogens (tertiary/aromatic N) is 5. The Labute approximate surface area is 158 Å². The molecule has 0 saturated carbocycles. The van der Waals surface area contributed by atoms with Crippen LogP contribution in [0.3, 0.4) is 0 Å². The van der Waals surface area contributed by atoms with Gasteiger partial charge in [0.1, 0.15) is 0 Å². The van der Waals surface area contributed by atoms with E-state index < -0.39 is 11.3 Å². The fraction of sp³-hybridized carbons (Fsp3) is 0.375. The van der Waals surface area contributed by atoms with Crippen LogP contribution in [0.4, 0.5) is 0 Å². The van der Waals surface area contributed by atoms with Crippen molar-refractivity contribution in [3.8, 4) is 6.07 Å². The highest BCUT2D eigenvalue weighted by Gasteiger charge is 2.22. The van der Waals surface area contributed by atoms with E-state index in [0.29, 0.717) is 0 Å². The second-order valence-corrected chi connectivity index (χ2v) is 6.68. The average molecular weight is 396 g/mol. The van der Waals surface area contributed by atoms with Crippen molar-refractivity contribution in [3.63, 3.8) is 0 Å². The second kappa shape index (κ2) is 7.40. The van der Waals surface area contributed by atoms with Gasteiger partial charge in [-0.3, -0.25) is 9.79 Å². The quantitative estimate of drug-likeness (QED) is 0.416. The van der Waals surface area contributed by atoms with Crippen molar-refractivity contribution in [3.05, 3.63) is 43.4 Å². The molecule has 3 heterocycles. The van der Waals surface area contributed by atoms with Crippen molar-refractivity contribution in [2.24, 2.45) is 4.99 Å². The minimum absolute atomic E-state index is 0.0751. The Kier molecular flexibility index (Phi) is 5.20. The number of aliphatic imine (C=N–C) groups is 1. The zero-order valence-corrected chi connectivity index (χ0v) is 15.2. The maximum atomic E-state index is 11.7. The van der Waals surface area contributed by atoms with Gasteiger partial charge in [0.25, 0.3) is 0 Å². The molecule has 1 saturated heterocycles. The molecule has 2 aromatic rings. The fourth-order valence-corrected chi connectivity index (χ4v) is 3.29. The van der Waals surface area contributed by atoms with E-state index in [1.807, 2.05) is 0 Å². The van der Waals surface area contributed by atoms with Gasteiger partial charge in [0.15, 0.2) is 11.6 Å². The topological polar surface area (TPSA) is 109 Å². The number of nitriles is 1. The summed E-state index contributed by atoms with van der Waals surface area (Å²) < 4.78 is 0.289. The van der Waals surface area contributed by atoms with E-state index in [4.69, 9.17) is 28.5 Å². The minimum atomic E-state index is -1.12. The summed E-state index contributed by atoms with van der Waals surface area (Å²) in [6.45, 7) is 3.60. The first-order valence-corrected chi connectivity index (χ1v) is 8.74. The van der Waals surface area contributed by atoms with Crippen LogP contribution in [0.15, 0.2) is 21.9 Å². The lowest BCUT2D eigenvalue weighted by Crippen LogP contribution is -2.42. The predicted octanol–water partition coefficient (Wildman–Crippen LogP) is 1.94. The number of hydrogen-bond donors (Lipinski definition) is 1. The number of benzene rings is 1. The maximum Gasteiger partial charge on any atom is 0.368 e. The summed E-state index contributed by atoms with van der Waals surface area (Å²) in [5, 5.41) is 30.0. The lowest BCUT2D eigenvalue weighted by molar-refractivity contribution is -0.581. The Morgan fingerprint density at radius 3 is 2.65 bits per heavy atom. The van der Waals surface area contributed by atoms with Crippen molar-refractivity contribution in [1.29, 1.82) is 5.26 Å². The molecule has 1 aromatic heterocycles. The lowest BCUT2D eigenvalue weighted by Gasteiger charge is -2.21. The zero-order valence-electron chi connectivity index (χ0n) is 13.7. The van der Waals surface area contributed by atoms with Crippen LogP contribution in [0.25, 0.3) is 11.0 Å². The molecule has 0 radical (unpaired) electrons. The minimum Gasteiger partial charge on any atom is -0.617 e. The number of hydrogen-bond acceptors (Lipinski definition) is 6. The molecular formula is C16H15Cl2N5O3. The summed E-state index contributed by atoms with van der Waals surface area (Å²) in [6.07, 6.45) is 3.84. The van der Waals surface area contributed by atoms with E-state index in [1.54, 1.807) is 0 Å². The molecule has 0 amide bonds. The third-order valence-electron chi connectivity index (χ3n) is 4.24. The van der Waals surface area contributed by atoms with Gasteiger partial charge in [-0.2, -0.15) is 5.26 Å². The first-order valence-electron chi connectivity index (χ1n) is 7.99. The van der Waals surface area contributed by atoms with Crippen LogP contribution in [0, 0.1) is 16.5 Å². The predicted molar refractivity (Wildman–Crippen MR) is 96.8 cm³/mol. The van der Waals surface area contributed by atoms with Crippen molar-refractivity contribution < 1.29 is 9.94 Å². The Balaban J connectivity index is 0.000000181. The standard InChI is InChI=1S/C9H3Cl2N3O3.C7H12N2/c10-4-1-6-7(2-5(4)11)14(17)9(15)8(3-12)13(6)16;1-3-7-8-4-2-6-9(7)5-1/h1-2,17H;1-6H2. The van der Waals surface area contributed by atoms with Crippen LogP contribution in [0.2, 0.25) is 10.0 Å². The molecule has 1 fully saturated rings. The molecule has 0 bridgehead atoms. The van der Waals surface area contributed by atoms with Crippen LogP contribution in [0.1, 0.15) is 25.0 Å². The van der Waals surface area contributed by atoms with Gasteiger partial charge in [-0.15, -0.1) is 9.46 Å². The first-order chi connectivity index (χ1) is 12.4. The van der Waals surface area contributed by atoms with Gasteiger partial charge in [0.05, 0.1) is 15.9 Å². The van der Waals surface area contributed by atoms with Crippen LogP contribution >= 0.6 is 23.2 Å². The summed E-state index contributed by atoms with van der Waals surface area (Å²) in [7, 11) is 0. The Bertz CT molecular complexity index is 996. The summed E-state index contributed by atoms with van der Waals surface area (Å²) >= 11 is 11.4. The highest BCUT2D eigenvalue weighted by atomic mass is 35.5. The molecule has 2 aliphatic rings. The SMILES string of the molecule is C1CN=C2CCCN2C1.N#Cc1c(=O)n(O)c2cc(Cl)c(Cl)cc2[n+]1[O-]. The van der Waals surface area contributed by atoms with Crippen molar-refractivity contribution in [1.82, 2.24) is 9.63 Å². The number of amidine groups is 1. The van der Waals surface area contributed by atoms with Crippen LogP contribution in [-0.2, 0) is 0 Å². The average Bonchev–Trinajstić information content (AvgIpc) is 3.11. The molecule has 0 spiro atoms. The van der Waals surface area contributed by atoms with Crippen molar-refractivity contribution in [2.75, 3.05) is 19.6 Å². The summed E-state index contributed by atoms with van der Waals surface area (Å²) in [5.41, 5.74) is -2.12. The molecule has 1 aromatic carbocycles. The van der Waals surface area contributed by atoms with Crippen LogP contribution < -0.4 is 10.3 Å². The maximum absolute atomic E-state index is 11.7. The van der Waals surface area contributed by atoms with Gasteiger partial charge in [0, 0.05) is 32.1 Å². The van der Waals surface area contributed by atoms with Gasteiger partial charge in [0.2, 0.25) is 5.52 Å². The number of halogens is 2. The molecule has 10 heteroatoms. The van der Waals surface area contributed by atoms with E-state index in [-0.39, 0.29) is 30.5 Å². The number of rotatable bonds is 0. The van der Waals surface area contributed by atoms with Crippen LogP contribution in [-0.4, -0.2) is 40.3 Å². The molecule has 136 valence electrons. The first kappa shape index (κ1) is 18.3. The third-order valence-corrected chi connectivity index (χ3v) is 4.96. The molecular weight excluding hydrogens is 381 g/mol. The normalized spacial score (nSPS) is 15.7. The molecule has 1 N–H and O–H groups in total. The summed E-state index contributed by atoms with van der Waals surface area (Å²) in [6, 6.07) is 3.74. The highest BCUT2D eigenvalue weighted by molar-refractivity contribution is 6.42. The largest absolute Gasteiger partial charge is 0.617 e. The fourth-order valence-electron chi connectivity index (χ4n) is 2.97. The Hall–Kier alpha value is -2.50.